The molecular formula is C54H80N14O10. The van der Waals surface area contributed by atoms with E-state index in [1.165, 1.54) is 19.4 Å². The Labute approximate surface area is 454 Å². The van der Waals surface area contributed by atoms with Crippen molar-refractivity contribution in [2.75, 3.05) is 13.1 Å². The normalized spacial score (nSPS) is 14.9. The van der Waals surface area contributed by atoms with Crippen molar-refractivity contribution in [3.63, 3.8) is 0 Å². The molecule has 2 aromatic heterocycles. The molecule has 0 aliphatic carbocycles. The number of aromatic nitrogens is 3. The molecule has 0 radical (unpaired) electrons. The molecule has 1 unspecified atom stereocenters. The van der Waals surface area contributed by atoms with Crippen LogP contribution in [0.15, 0.2) is 73.3 Å². The zero-order valence-electron chi connectivity index (χ0n) is 45.5. The lowest BCUT2D eigenvalue weighted by Gasteiger charge is -2.29. The molecule has 4 aromatic rings. The van der Waals surface area contributed by atoms with Crippen LogP contribution in [-0.4, -0.2) is 141 Å². The average molecular weight is 1090 g/mol. The summed E-state index contributed by atoms with van der Waals surface area (Å²) in [7, 11) is 0. The quantitative estimate of drug-likeness (QED) is 0.0276. The number of aliphatic hydroxyl groups excluding tert-OH is 1. The van der Waals surface area contributed by atoms with Crippen LogP contribution in [0.5, 0.6) is 0 Å². The van der Waals surface area contributed by atoms with Crippen LogP contribution in [0.2, 0.25) is 0 Å². The lowest BCUT2D eigenvalue weighted by atomic mass is 9.97. The fourth-order valence-corrected chi connectivity index (χ4v) is 8.62. The lowest BCUT2D eigenvalue weighted by molar-refractivity contribution is -0.135. The number of H-pyrrole nitrogens is 2. The molecule has 0 fully saturated rings. The Balaban J connectivity index is 1.44. The van der Waals surface area contributed by atoms with E-state index in [1.54, 1.807) is 50.4 Å². The fraction of sp³-hybridized carbons (Fsp3) is 0.519. The van der Waals surface area contributed by atoms with Crippen LogP contribution in [-0.2, 0) is 62.4 Å². The molecular weight excluding hydrogens is 1000 g/mol. The first-order valence-corrected chi connectivity index (χ1v) is 26.3. The third-order valence-electron chi connectivity index (χ3n) is 12.9. The average Bonchev–Trinajstić information content (AvgIpc) is 4.06. The number of para-hydroxylation sites is 1. The van der Waals surface area contributed by atoms with Crippen LogP contribution in [0, 0.1) is 17.8 Å². The van der Waals surface area contributed by atoms with E-state index in [2.05, 4.69) is 57.5 Å². The number of nitrogens with one attached hydrogen (secondary N) is 10. The predicted molar refractivity (Wildman–Crippen MR) is 292 cm³/mol. The summed E-state index contributed by atoms with van der Waals surface area (Å²) in [5.74, 6) is -6.90. The van der Waals surface area contributed by atoms with Crippen molar-refractivity contribution >= 4 is 64.1 Å². The zero-order chi connectivity index (χ0) is 57.6. The molecule has 0 spiro atoms. The Bertz CT molecular complexity index is 2630. The number of carbonyl (C=O) groups is 9. The van der Waals surface area contributed by atoms with Gasteiger partial charge in [-0.3, -0.25) is 43.2 Å². The van der Waals surface area contributed by atoms with Gasteiger partial charge < -0.3 is 74.8 Å². The monoisotopic (exact) mass is 1080 g/mol. The Morgan fingerprint density at radius 2 is 1.27 bits per heavy atom. The molecule has 78 heavy (non-hydrogen) atoms. The highest BCUT2D eigenvalue weighted by atomic mass is 16.3. The molecule has 0 saturated carbocycles. The Morgan fingerprint density at radius 1 is 0.641 bits per heavy atom. The van der Waals surface area contributed by atoms with Gasteiger partial charge in [-0.25, -0.2) is 4.98 Å². The van der Waals surface area contributed by atoms with Crippen LogP contribution in [0.25, 0.3) is 10.9 Å². The number of amides is 9. The fourth-order valence-electron chi connectivity index (χ4n) is 8.62. The molecule has 0 aliphatic heterocycles. The molecule has 2 aromatic carbocycles. The maximum absolute atomic E-state index is 14.2. The highest BCUT2D eigenvalue weighted by molar-refractivity contribution is 5.97. The van der Waals surface area contributed by atoms with Gasteiger partial charge in [-0.2, -0.15) is 0 Å². The molecule has 24 nitrogen and oxygen atoms in total. The van der Waals surface area contributed by atoms with Gasteiger partial charge >= 0.3 is 0 Å². The van der Waals surface area contributed by atoms with E-state index in [9.17, 15) is 48.3 Å². The number of fused-ring (bicyclic) bond motifs is 1. The molecule has 9 atom stereocenters. The number of hydrogen-bond acceptors (Lipinski definition) is 13. The Hall–Kier alpha value is -7.70. The highest BCUT2D eigenvalue weighted by Gasteiger charge is 2.34. The third-order valence-corrected chi connectivity index (χ3v) is 12.9. The van der Waals surface area contributed by atoms with Gasteiger partial charge in [0, 0.05) is 54.8 Å². The van der Waals surface area contributed by atoms with E-state index in [-0.39, 0.29) is 50.5 Å². The second kappa shape index (κ2) is 30.9. The lowest BCUT2D eigenvalue weighted by Crippen LogP contribution is -2.59. The standard InChI is InChI=1S/C54H80N14O10/c1-29(2)19-40(44(69)26-60-41(48(57)72)20-30(3)4)66-53(77)43(23-35-25-58-28-62-35)64-46(71)27-61-54(78)47(31(5)6)68-49(73)32(7)63-52(76)42(22-34-24-59-38-16-12-11-15-36(34)38)67-51(75)39(17-18-45(56)70)65-50(74)37(55)21-33-13-9-8-10-14-33/h8-16,24-25,28-32,37,39-44,47,59-60,69H,17-23,26-27,55H2,1-7H3,(H2,56,70)(H2,57,72)(H,58,62)(H,61,78)(H,63,76)(H,64,71)(H,65,74)(H,66,77)(H,67,75)(H,68,73)/t32-,37+,39-,40-,41-,42-,43-,44?,47-/m0/s1. The smallest absolute Gasteiger partial charge is 0.243 e. The van der Waals surface area contributed by atoms with Crippen molar-refractivity contribution in [1.82, 2.24) is 57.5 Å². The van der Waals surface area contributed by atoms with Crippen molar-refractivity contribution in [1.29, 1.82) is 0 Å². The van der Waals surface area contributed by atoms with E-state index in [1.807, 2.05) is 52.0 Å². The molecule has 426 valence electrons. The SMILES string of the molecule is CC(C)C[C@H](NCC(O)[C@H](CC(C)C)NC(=O)[C@H](Cc1cnc[nH]1)NC(=O)CNC(=O)[C@@H](NC(=O)[C@H](C)NC(=O)[C@H](Cc1c[nH]c2ccccc12)NC(=O)[C@H](CCC(N)=O)NC(=O)[C@H](N)Cc1ccccc1)C(C)C)C(N)=O. The summed E-state index contributed by atoms with van der Waals surface area (Å²) in [5, 5.41) is 33.6. The van der Waals surface area contributed by atoms with Crippen molar-refractivity contribution in [2.45, 2.75) is 148 Å². The summed E-state index contributed by atoms with van der Waals surface area (Å²) in [6.07, 6.45) is 3.74. The first kappa shape index (κ1) is 62.8. The largest absolute Gasteiger partial charge is 0.390 e. The van der Waals surface area contributed by atoms with E-state index in [4.69, 9.17) is 17.2 Å². The maximum atomic E-state index is 14.2. The summed E-state index contributed by atoms with van der Waals surface area (Å²) >= 11 is 0. The molecule has 2 heterocycles. The number of nitrogens with zero attached hydrogens (tertiary/aromatic N) is 1. The summed E-state index contributed by atoms with van der Waals surface area (Å²) in [6.45, 7) is 11.7. The minimum Gasteiger partial charge on any atom is -0.390 e. The number of aliphatic hydroxyl groups is 1. The van der Waals surface area contributed by atoms with Gasteiger partial charge in [0.2, 0.25) is 53.2 Å². The zero-order valence-corrected chi connectivity index (χ0v) is 45.5. The number of nitrogens with two attached hydrogens (primary N) is 3. The number of aromatic amines is 2. The maximum Gasteiger partial charge on any atom is 0.243 e. The van der Waals surface area contributed by atoms with Crippen molar-refractivity contribution < 1.29 is 48.3 Å². The minimum absolute atomic E-state index is 0.0237. The summed E-state index contributed by atoms with van der Waals surface area (Å²) in [6, 6.07) is 7.29. The van der Waals surface area contributed by atoms with Crippen LogP contribution < -0.4 is 59.7 Å². The number of rotatable bonds is 33. The molecule has 0 aliphatic rings. The molecule has 0 bridgehead atoms. The Kier molecular flexibility index (Phi) is 24.9. The minimum atomic E-state index is -1.35. The summed E-state index contributed by atoms with van der Waals surface area (Å²) < 4.78 is 0. The summed E-state index contributed by atoms with van der Waals surface area (Å²) in [4.78, 5) is 130. The van der Waals surface area contributed by atoms with E-state index >= 15 is 0 Å². The van der Waals surface area contributed by atoms with Gasteiger partial charge in [-0.15, -0.1) is 0 Å². The van der Waals surface area contributed by atoms with Gasteiger partial charge in [0.25, 0.3) is 0 Å². The third kappa shape index (κ3) is 20.7. The molecule has 9 amide bonds. The molecule has 17 N–H and O–H groups in total. The van der Waals surface area contributed by atoms with Gasteiger partial charge in [0.1, 0.15) is 30.2 Å². The number of imidazole rings is 1. The molecule has 24 heteroatoms. The van der Waals surface area contributed by atoms with Gasteiger partial charge in [0.15, 0.2) is 0 Å². The Morgan fingerprint density at radius 3 is 1.90 bits per heavy atom. The van der Waals surface area contributed by atoms with Crippen molar-refractivity contribution in [3.8, 4) is 0 Å². The van der Waals surface area contributed by atoms with E-state index < -0.39 is 120 Å². The number of hydrogen-bond donors (Lipinski definition) is 14. The summed E-state index contributed by atoms with van der Waals surface area (Å²) in [5.41, 5.74) is 19.9. The first-order chi connectivity index (χ1) is 36.9. The number of benzene rings is 2. The van der Waals surface area contributed by atoms with Crippen LogP contribution >= 0.6 is 0 Å². The van der Waals surface area contributed by atoms with Crippen LogP contribution in [0.3, 0.4) is 0 Å². The van der Waals surface area contributed by atoms with Gasteiger partial charge in [0.05, 0.1) is 37.1 Å². The molecule has 4 rings (SSSR count). The van der Waals surface area contributed by atoms with E-state index in [0.717, 1.165) is 16.5 Å². The van der Waals surface area contributed by atoms with Gasteiger partial charge in [-0.05, 0) is 67.6 Å². The van der Waals surface area contributed by atoms with Crippen LogP contribution in [0.1, 0.15) is 91.0 Å². The van der Waals surface area contributed by atoms with Gasteiger partial charge in [-0.1, -0.05) is 90.1 Å². The predicted octanol–water partition coefficient (Wildman–Crippen LogP) is -0.891. The van der Waals surface area contributed by atoms with Crippen molar-refractivity contribution in [2.24, 2.45) is 35.0 Å². The number of carbonyl (C=O) groups excluding carboxylic acids is 9. The van der Waals surface area contributed by atoms with Crippen molar-refractivity contribution in [3.05, 3.63) is 90.1 Å². The van der Waals surface area contributed by atoms with E-state index in [0.29, 0.717) is 24.1 Å². The first-order valence-electron chi connectivity index (χ1n) is 26.3. The number of primary amides is 2. The van der Waals surface area contributed by atoms with Crippen LogP contribution in [0.4, 0.5) is 0 Å². The topological polar surface area (TPSA) is 393 Å². The highest BCUT2D eigenvalue weighted by Crippen LogP contribution is 2.20. The molecule has 0 saturated heterocycles. The second-order valence-corrected chi connectivity index (χ2v) is 20.9. The second-order valence-electron chi connectivity index (χ2n) is 20.9.